The third-order valence-corrected chi connectivity index (χ3v) is 3.33. The number of hydrogen-bond donors (Lipinski definition) is 1. The first-order chi connectivity index (χ1) is 9.47. The molecule has 2 rings (SSSR count). The van der Waals surface area contributed by atoms with Gasteiger partial charge in [-0.3, -0.25) is 10.1 Å². The molecule has 1 aliphatic heterocycles. The van der Waals surface area contributed by atoms with Gasteiger partial charge in [0.2, 0.25) is 0 Å². The van der Waals surface area contributed by atoms with Crippen LogP contribution < -0.4 is 5.32 Å². The fourth-order valence-corrected chi connectivity index (χ4v) is 2.32. The third kappa shape index (κ3) is 3.41. The lowest BCUT2D eigenvalue weighted by Gasteiger charge is -2.29. The van der Waals surface area contributed by atoms with Gasteiger partial charge in [-0.25, -0.2) is 8.78 Å². The fourth-order valence-electron chi connectivity index (χ4n) is 2.32. The molecule has 0 aliphatic carbocycles. The highest BCUT2D eigenvalue weighted by molar-refractivity contribution is 5.57. The van der Waals surface area contributed by atoms with Crippen LogP contribution in [0.1, 0.15) is 31.8 Å². The highest BCUT2D eigenvalue weighted by atomic mass is 19.3. The molecule has 20 heavy (non-hydrogen) atoms. The number of nitro benzene ring substituents is 1. The van der Waals surface area contributed by atoms with Gasteiger partial charge in [0.1, 0.15) is 0 Å². The molecule has 1 fully saturated rings. The van der Waals surface area contributed by atoms with Crippen molar-refractivity contribution in [2.75, 3.05) is 11.9 Å². The maximum atomic E-state index is 13.0. The number of halogens is 2. The number of ether oxygens (including phenoxy) is 1. The van der Waals surface area contributed by atoms with Gasteiger partial charge in [0, 0.05) is 36.0 Å². The number of anilines is 1. The van der Waals surface area contributed by atoms with Crippen LogP contribution in [0.4, 0.5) is 20.2 Å². The molecule has 2 unspecified atom stereocenters. The van der Waals surface area contributed by atoms with E-state index in [0.717, 1.165) is 18.9 Å². The van der Waals surface area contributed by atoms with Crippen molar-refractivity contribution in [3.8, 4) is 0 Å². The summed E-state index contributed by atoms with van der Waals surface area (Å²) in [5.41, 5.74) is -0.408. The SMILES string of the molecule is CC1CC(Nc2ccc([N+](=O)[O-])cc2C(F)F)CCO1. The fraction of sp³-hybridized carbons (Fsp3) is 0.538. The molecule has 0 amide bonds. The predicted molar refractivity (Wildman–Crippen MR) is 70.1 cm³/mol. The predicted octanol–water partition coefficient (Wildman–Crippen LogP) is 3.51. The van der Waals surface area contributed by atoms with Gasteiger partial charge in [-0.2, -0.15) is 0 Å². The van der Waals surface area contributed by atoms with Crippen molar-refractivity contribution >= 4 is 11.4 Å². The molecular formula is C13H16F2N2O3. The summed E-state index contributed by atoms with van der Waals surface area (Å²) in [4.78, 5) is 9.97. The number of nitrogens with one attached hydrogen (secondary N) is 1. The van der Waals surface area contributed by atoms with Crippen LogP contribution in [0.15, 0.2) is 18.2 Å². The van der Waals surface area contributed by atoms with Crippen LogP contribution in [0.2, 0.25) is 0 Å². The summed E-state index contributed by atoms with van der Waals surface area (Å²) < 4.78 is 31.4. The molecule has 0 aromatic heterocycles. The molecule has 5 nitrogen and oxygen atoms in total. The van der Waals surface area contributed by atoms with Crippen molar-refractivity contribution in [2.45, 2.75) is 38.3 Å². The largest absolute Gasteiger partial charge is 0.382 e. The standard InChI is InChI=1S/C13H16F2N2O3/c1-8-6-9(4-5-20-8)16-12-3-2-10(17(18)19)7-11(12)13(14)15/h2-3,7-9,13,16H,4-6H2,1H3. The van der Waals surface area contributed by atoms with Crippen LogP contribution in [0.5, 0.6) is 0 Å². The number of benzene rings is 1. The minimum absolute atomic E-state index is 0.0395. The van der Waals surface area contributed by atoms with Crippen molar-refractivity contribution in [1.29, 1.82) is 0 Å². The van der Waals surface area contributed by atoms with E-state index in [4.69, 9.17) is 4.74 Å². The first-order valence-electron chi connectivity index (χ1n) is 6.42. The van der Waals surface area contributed by atoms with Crippen molar-refractivity contribution in [1.82, 2.24) is 0 Å². The van der Waals surface area contributed by atoms with Crippen LogP contribution in [-0.4, -0.2) is 23.7 Å². The van der Waals surface area contributed by atoms with Crippen LogP contribution in [0.25, 0.3) is 0 Å². The van der Waals surface area contributed by atoms with E-state index < -0.39 is 11.3 Å². The Morgan fingerprint density at radius 3 is 2.85 bits per heavy atom. The Morgan fingerprint density at radius 1 is 1.50 bits per heavy atom. The zero-order valence-corrected chi connectivity index (χ0v) is 11.0. The average Bonchev–Trinajstić information content (AvgIpc) is 2.38. The molecular weight excluding hydrogens is 270 g/mol. The molecule has 110 valence electrons. The Hall–Kier alpha value is -1.76. The minimum atomic E-state index is -2.75. The summed E-state index contributed by atoms with van der Waals surface area (Å²) >= 11 is 0. The first kappa shape index (κ1) is 14.6. The Balaban J connectivity index is 2.20. The Morgan fingerprint density at radius 2 is 2.25 bits per heavy atom. The van der Waals surface area contributed by atoms with E-state index in [9.17, 15) is 18.9 Å². The first-order valence-corrected chi connectivity index (χ1v) is 6.42. The van der Waals surface area contributed by atoms with Gasteiger partial charge < -0.3 is 10.1 Å². The number of nitrogens with zero attached hydrogens (tertiary/aromatic N) is 1. The number of non-ortho nitro benzene ring substituents is 1. The monoisotopic (exact) mass is 286 g/mol. The smallest absolute Gasteiger partial charge is 0.270 e. The van der Waals surface area contributed by atoms with E-state index >= 15 is 0 Å². The molecule has 0 spiro atoms. The zero-order valence-electron chi connectivity index (χ0n) is 11.0. The van der Waals surface area contributed by atoms with Crippen molar-refractivity contribution in [3.05, 3.63) is 33.9 Å². The second-order valence-corrected chi connectivity index (χ2v) is 4.88. The van der Waals surface area contributed by atoms with Crippen molar-refractivity contribution in [3.63, 3.8) is 0 Å². The number of alkyl halides is 2. The average molecular weight is 286 g/mol. The Labute approximate surface area is 115 Å². The van der Waals surface area contributed by atoms with Gasteiger partial charge in [-0.05, 0) is 25.8 Å². The minimum Gasteiger partial charge on any atom is -0.382 e. The van der Waals surface area contributed by atoms with E-state index in [1.165, 1.54) is 12.1 Å². The summed E-state index contributed by atoms with van der Waals surface area (Å²) in [5.74, 6) is 0. The topological polar surface area (TPSA) is 64.4 Å². The number of hydrogen-bond acceptors (Lipinski definition) is 4. The molecule has 0 saturated carbocycles. The van der Waals surface area contributed by atoms with Crippen LogP contribution in [0.3, 0.4) is 0 Å². The lowest BCUT2D eigenvalue weighted by molar-refractivity contribution is -0.385. The van der Waals surface area contributed by atoms with E-state index in [0.29, 0.717) is 6.61 Å². The molecule has 0 bridgehead atoms. The van der Waals surface area contributed by atoms with Crippen molar-refractivity contribution < 1.29 is 18.4 Å². The maximum Gasteiger partial charge on any atom is 0.270 e. The highest BCUT2D eigenvalue weighted by Gasteiger charge is 2.23. The quantitative estimate of drug-likeness (QED) is 0.679. The molecule has 1 aromatic rings. The molecule has 0 radical (unpaired) electrons. The number of rotatable bonds is 4. The summed E-state index contributed by atoms with van der Waals surface area (Å²) in [6.45, 7) is 2.51. The molecule has 2 atom stereocenters. The summed E-state index contributed by atoms with van der Waals surface area (Å²) in [6.07, 6.45) is -1.23. The number of nitro groups is 1. The summed E-state index contributed by atoms with van der Waals surface area (Å²) in [6, 6.07) is 3.55. The summed E-state index contributed by atoms with van der Waals surface area (Å²) in [5, 5.41) is 13.7. The lowest BCUT2D eigenvalue weighted by atomic mass is 10.0. The van der Waals surface area contributed by atoms with E-state index in [1.807, 2.05) is 6.92 Å². The van der Waals surface area contributed by atoms with E-state index in [2.05, 4.69) is 5.32 Å². The third-order valence-electron chi connectivity index (χ3n) is 3.33. The van der Waals surface area contributed by atoms with Gasteiger partial charge in [-0.1, -0.05) is 0 Å². The Bertz CT molecular complexity index is 497. The van der Waals surface area contributed by atoms with Gasteiger partial charge in [-0.15, -0.1) is 0 Å². The maximum absolute atomic E-state index is 13.0. The molecule has 1 saturated heterocycles. The van der Waals surface area contributed by atoms with Crippen LogP contribution >= 0.6 is 0 Å². The normalized spacial score (nSPS) is 22.8. The molecule has 7 heteroatoms. The van der Waals surface area contributed by atoms with Crippen molar-refractivity contribution in [2.24, 2.45) is 0 Å². The lowest BCUT2D eigenvalue weighted by Crippen LogP contribution is -2.32. The van der Waals surface area contributed by atoms with E-state index in [-0.39, 0.29) is 29.1 Å². The summed E-state index contributed by atoms with van der Waals surface area (Å²) in [7, 11) is 0. The highest BCUT2D eigenvalue weighted by Crippen LogP contribution is 2.32. The van der Waals surface area contributed by atoms with Gasteiger partial charge in [0.15, 0.2) is 0 Å². The molecule has 1 heterocycles. The zero-order chi connectivity index (χ0) is 14.7. The molecule has 1 aliphatic rings. The van der Waals surface area contributed by atoms with Crippen LogP contribution in [-0.2, 0) is 4.74 Å². The Kier molecular flexibility index (Phi) is 4.49. The van der Waals surface area contributed by atoms with Gasteiger partial charge >= 0.3 is 0 Å². The van der Waals surface area contributed by atoms with E-state index in [1.54, 1.807) is 0 Å². The van der Waals surface area contributed by atoms with Gasteiger partial charge in [0.25, 0.3) is 12.1 Å². The van der Waals surface area contributed by atoms with Gasteiger partial charge in [0.05, 0.1) is 11.0 Å². The second-order valence-electron chi connectivity index (χ2n) is 4.88. The van der Waals surface area contributed by atoms with Crippen LogP contribution in [0, 0.1) is 10.1 Å². The second kappa shape index (κ2) is 6.13. The molecule has 1 aromatic carbocycles. The molecule has 1 N–H and O–H groups in total.